The average Bonchev–Trinajstić information content (AvgIpc) is 3.12. The molecule has 2 aromatic rings. The molecule has 0 fully saturated rings. The SMILES string of the molecule is CCCCC(=O)N[C@@](Nc1sc(-c2ccccc2)c(C)c1C(=O)OCC)(C(=O)OCC)C(F)(F)F. The smallest absolute Gasteiger partial charge is 0.441 e. The molecule has 1 atom stereocenters. The zero-order valence-corrected chi connectivity index (χ0v) is 20.8. The topological polar surface area (TPSA) is 93.7 Å². The number of amides is 1. The third-order valence-corrected chi connectivity index (χ3v) is 6.31. The number of unbranched alkanes of at least 4 members (excludes halogenated alkanes) is 1. The molecule has 192 valence electrons. The molecule has 35 heavy (non-hydrogen) atoms. The summed E-state index contributed by atoms with van der Waals surface area (Å²) in [5, 5.41) is 3.68. The van der Waals surface area contributed by atoms with Crippen molar-refractivity contribution in [3.8, 4) is 10.4 Å². The third kappa shape index (κ3) is 6.33. The zero-order chi connectivity index (χ0) is 26.2. The fraction of sp³-hybridized carbons (Fsp3) is 0.458. The Labute approximate surface area is 206 Å². The van der Waals surface area contributed by atoms with Gasteiger partial charge in [-0.05, 0) is 38.3 Å². The van der Waals surface area contributed by atoms with E-state index in [1.165, 1.54) is 6.92 Å². The Hall–Kier alpha value is -3.08. The molecule has 0 aliphatic rings. The van der Waals surface area contributed by atoms with E-state index in [1.807, 2.05) is 5.32 Å². The molecule has 0 saturated carbocycles. The summed E-state index contributed by atoms with van der Waals surface area (Å²) < 4.78 is 53.4. The average molecular weight is 515 g/mol. The third-order valence-electron chi connectivity index (χ3n) is 5.05. The van der Waals surface area contributed by atoms with Gasteiger partial charge in [-0.25, -0.2) is 9.59 Å². The molecule has 0 radical (unpaired) electrons. The van der Waals surface area contributed by atoms with E-state index in [2.05, 4.69) is 5.32 Å². The van der Waals surface area contributed by atoms with Gasteiger partial charge >= 0.3 is 23.8 Å². The fourth-order valence-corrected chi connectivity index (χ4v) is 4.58. The molecule has 0 bridgehead atoms. The summed E-state index contributed by atoms with van der Waals surface area (Å²) in [6, 6.07) is 8.76. The van der Waals surface area contributed by atoms with Crippen LogP contribution < -0.4 is 10.6 Å². The molecule has 1 aromatic carbocycles. The predicted molar refractivity (Wildman–Crippen MR) is 127 cm³/mol. The van der Waals surface area contributed by atoms with Crippen molar-refractivity contribution in [2.45, 2.75) is 58.8 Å². The highest BCUT2D eigenvalue weighted by atomic mass is 32.1. The van der Waals surface area contributed by atoms with Crippen molar-refractivity contribution in [3.63, 3.8) is 0 Å². The number of esters is 2. The lowest BCUT2D eigenvalue weighted by Crippen LogP contribution is -2.69. The minimum absolute atomic E-state index is 0.00965. The summed E-state index contributed by atoms with van der Waals surface area (Å²) in [5.41, 5.74) is -2.73. The number of thiophene rings is 1. The summed E-state index contributed by atoms with van der Waals surface area (Å²) in [5.74, 6) is -3.58. The molecule has 11 heteroatoms. The van der Waals surface area contributed by atoms with Crippen LogP contribution in [0, 0.1) is 6.92 Å². The molecular weight excluding hydrogens is 485 g/mol. The zero-order valence-electron chi connectivity index (χ0n) is 20.0. The van der Waals surface area contributed by atoms with Crippen molar-refractivity contribution in [1.29, 1.82) is 0 Å². The van der Waals surface area contributed by atoms with E-state index in [0.29, 0.717) is 28.8 Å². The Morgan fingerprint density at radius 1 is 1.00 bits per heavy atom. The number of ether oxygens (including phenoxy) is 2. The number of halogens is 3. The number of rotatable bonds is 11. The van der Waals surface area contributed by atoms with Gasteiger partial charge in [-0.2, -0.15) is 13.2 Å². The molecule has 1 heterocycles. The highest BCUT2D eigenvalue weighted by Crippen LogP contribution is 2.43. The molecule has 1 amide bonds. The molecule has 2 rings (SSSR count). The minimum Gasteiger partial charge on any atom is -0.463 e. The van der Waals surface area contributed by atoms with Crippen molar-refractivity contribution in [3.05, 3.63) is 41.5 Å². The van der Waals surface area contributed by atoms with Crippen LogP contribution in [-0.2, 0) is 19.1 Å². The van der Waals surface area contributed by atoms with Crippen molar-refractivity contribution in [1.82, 2.24) is 5.32 Å². The van der Waals surface area contributed by atoms with Crippen LogP contribution in [0.15, 0.2) is 30.3 Å². The van der Waals surface area contributed by atoms with E-state index in [4.69, 9.17) is 9.47 Å². The second-order valence-electron chi connectivity index (χ2n) is 7.59. The summed E-state index contributed by atoms with van der Waals surface area (Å²) in [6.45, 7) is 5.91. The first-order valence-electron chi connectivity index (χ1n) is 11.2. The highest BCUT2D eigenvalue weighted by Gasteiger charge is 2.64. The molecule has 1 aromatic heterocycles. The first kappa shape index (κ1) is 28.2. The van der Waals surface area contributed by atoms with Crippen LogP contribution in [0.1, 0.15) is 56.0 Å². The van der Waals surface area contributed by atoms with Gasteiger partial charge in [-0.3, -0.25) is 4.79 Å². The van der Waals surface area contributed by atoms with Gasteiger partial charge in [-0.15, -0.1) is 11.3 Å². The number of carbonyl (C=O) groups excluding carboxylic acids is 3. The van der Waals surface area contributed by atoms with Gasteiger partial charge in [0, 0.05) is 11.3 Å². The molecule has 0 aliphatic carbocycles. The fourth-order valence-electron chi connectivity index (χ4n) is 3.32. The van der Waals surface area contributed by atoms with Gasteiger partial charge in [0.15, 0.2) is 0 Å². The van der Waals surface area contributed by atoms with Crippen LogP contribution >= 0.6 is 11.3 Å². The Balaban J connectivity index is 2.71. The number of benzene rings is 1. The molecule has 0 spiro atoms. The van der Waals surface area contributed by atoms with Gasteiger partial charge in [0.2, 0.25) is 5.91 Å². The summed E-state index contributed by atoms with van der Waals surface area (Å²) in [6.07, 6.45) is -4.64. The van der Waals surface area contributed by atoms with Crippen LogP contribution in [0.25, 0.3) is 10.4 Å². The van der Waals surface area contributed by atoms with Crippen LogP contribution in [0.3, 0.4) is 0 Å². The van der Waals surface area contributed by atoms with E-state index < -0.39 is 29.7 Å². The lowest BCUT2D eigenvalue weighted by molar-refractivity contribution is -0.207. The van der Waals surface area contributed by atoms with E-state index in [9.17, 15) is 27.6 Å². The molecular formula is C24H29F3N2O5S. The lowest BCUT2D eigenvalue weighted by atomic mass is 10.1. The Kier molecular flexibility index (Phi) is 9.70. The van der Waals surface area contributed by atoms with Gasteiger partial charge in [0.1, 0.15) is 5.00 Å². The predicted octanol–water partition coefficient (Wildman–Crippen LogP) is 5.44. The first-order valence-corrected chi connectivity index (χ1v) is 12.0. The summed E-state index contributed by atoms with van der Waals surface area (Å²) in [4.78, 5) is 38.5. The summed E-state index contributed by atoms with van der Waals surface area (Å²) in [7, 11) is 0. The van der Waals surface area contributed by atoms with Crippen LogP contribution in [0.2, 0.25) is 0 Å². The molecule has 0 unspecified atom stereocenters. The van der Waals surface area contributed by atoms with Crippen molar-refractivity contribution >= 4 is 34.2 Å². The maximum Gasteiger partial charge on any atom is 0.441 e. The number of nitrogens with one attached hydrogen (secondary N) is 2. The second-order valence-corrected chi connectivity index (χ2v) is 8.61. The van der Waals surface area contributed by atoms with Gasteiger partial charge in [-0.1, -0.05) is 43.7 Å². The summed E-state index contributed by atoms with van der Waals surface area (Å²) >= 11 is 0.846. The Bertz CT molecular complexity index is 1040. The van der Waals surface area contributed by atoms with E-state index in [0.717, 1.165) is 11.3 Å². The van der Waals surface area contributed by atoms with Crippen molar-refractivity contribution in [2.75, 3.05) is 18.5 Å². The monoisotopic (exact) mass is 514 g/mol. The number of carbonyl (C=O) groups is 3. The quantitative estimate of drug-likeness (QED) is 0.306. The van der Waals surface area contributed by atoms with E-state index >= 15 is 0 Å². The van der Waals surface area contributed by atoms with Crippen LogP contribution in [-0.4, -0.2) is 42.9 Å². The Morgan fingerprint density at radius 3 is 2.17 bits per heavy atom. The van der Waals surface area contributed by atoms with E-state index in [1.54, 1.807) is 51.1 Å². The normalized spacial score (nSPS) is 13.0. The van der Waals surface area contributed by atoms with Crippen molar-refractivity contribution in [2.24, 2.45) is 0 Å². The van der Waals surface area contributed by atoms with Crippen LogP contribution in [0.4, 0.5) is 18.2 Å². The maximum atomic E-state index is 14.5. The Morgan fingerprint density at radius 2 is 1.63 bits per heavy atom. The largest absolute Gasteiger partial charge is 0.463 e. The van der Waals surface area contributed by atoms with Gasteiger partial charge < -0.3 is 20.1 Å². The number of alkyl halides is 3. The lowest BCUT2D eigenvalue weighted by Gasteiger charge is -2.35. The number of hydrogen-bond acceptors (Lipinski definition) is 7. The van der Waals surface area contributed by atoms with E-state index in [-0.39, 0.29) is 30.2 Å². The molecule has 7 nitrogen and oxygen atoms in total. The highest BCUT2D eigenvalue weighted by molar-refractivity contribution is 7.20. The minimum atomic E-state index is -5.31. The first-order chi connectivity index (χ1) is 16.5. The maximum absolute atomic E-state index is 14.5. The standard InChI is InChI=1S/C24H29F3N2O5S/c1-5-8-14-17(30)28-23(24(25,26)27,22(32)34-7-3)29-20-18(21(31)33-6-2)15(4)19(35-20)16-12-10-9-11-13-16/h9-13,29H,5-8,14H2,1-4H3,(H,28,30)/t23-/m1/s1. The van der Waals surface area contributed by atoms with Crippen molar-refractivity contribution < 1.29 is 37.0 Å². The van der Waals surface area contributed by atoms with Crippen LogP contribution in [0.5, 0.6) is 0 Å². The van der Waals surface area contributed by atoms with Gasteiger partial charge in [0.05, 0.1) is 18.8 Å². The molecule has 0 aliphatic heterocycles. The second kappa shape index (κ2) is 12.1. The molecule has 0 saturated heterocycles. The van der Waals surface area contributed by atoms with Gasteiger partial charge in [0.25, 0.3) is 0 Å². The number of anilines is 1. The molecule has 2 N–H and O–H groups in total. The number of hydrogen-bond donors (Lipinski definition) is 2.